The first-order chi connectivity index (χ1) is 6.97. The first-order valence-corrected chi connectivity index (χ1v) is 5.58. The highest BCUT2D eigenvalue weighted by molar-refractivity contribution is 5.04. The van der Waals surface area contributed by atoms with Crippen LogP contribution in [0, 0.1) is 5.92 Å². The molecule has 0 radical (unpaired) electrons. The quantitative estimate of drug-likeness (QED) is 0.784. The van der Waals surface area contributed by atoms with Crippen LogP contribution in [0.2, 0.25) is 0 Å². The van der Waals surface area contributed by atoms with Crippen LogP contribution >= 0.6 is 0 Å². The molecule has 1 aromatic heterocycles. The Morgan fingerprint density at radius 3 is 2.47 bits per heavy atom. The number of aromatic nitrogens is 3. The Morgan fingerprint density at radius 1 is 1.40 bits per heavy atom. The second-order valence-electron chi connectivity index (χ2n) is 5.45. The van der Waals surface area contributed by atoms with E-state index in [9.17, 15) is 0 Å². The minimum absolute atomic E-state index is 0.0495. The Kier molecular flexibility index (Phi) is 2.54. The lowest BCUT2D eigenvalue weighted by molar-refractivity contribution is 0.337. The van der Waals surface area contributed by atoms with Crippen molar-refractivity contribution in [3.8, 4) is 0 Å². The van der Waals surface area contributed by atoms with Crippen molar-refractivity contribution in [2.45, 2.75) is 32.6 Å². The van der Waals surface area contributed by atoms with Crippen LogP contribution in [0.15, 0.2) is 0 Å². The summed E-state index contributed by atoms with van der Waals surface area (Å²) in [6.45, 7) is 8.69. The van der Waals surface area contributed by atoms with Crippen molar-refractivity contribution >= 4 is 0 Å². The van der Waals surface area contributed by atoms with Gasteiger partial charge in [0.15, 0.2) is 5.82 Å². The predicted molar refractivity (Wildman–Crippen MR) is 59.8 cm³/mol. The maximum absolute atomic E-state index is 4.63. The van der Waals surface area contributed by atoms with Gasteiger partial charge in [0.25, 0.3) is 0 Å². The van der Waals surface area contributed by atoms with Crippen LogP contribution in [-0.2, 0) is 18.9 Å². The normalized spacial score (nSPS) is 17.9. The van der Waals surface area contributed by atoms with E-state index in [1.54, 1.807) is 0 Å². The van der Waals surface area contributed by atoms with Gasteiger partial charge in [-0.1, -0.05) is 20.8 Å². The molecule has 84 valence electrons. The highest BCUT2D eigenvalue weighted by Gasteiger charge is 2.24. The molecule has 15 heavy (non-hydrogen) atoms. The van der Waals surface area contributed by atoms with E-state index in [0.717, 1.165) is 37.1 Å². The van der Waals surface area contributed by atoms with Gasteiger partial charge < -0.3 is 5.32 Å². The number of aryl methyl sites for hydroxylation is 1. The largest absolute Gasteiger partial charge is 0.316 e. The first kappa shape index (κ1) is 10.6. The molecule has 0 unspecified atom stereocenters. The molecular weight excluding hydrogens is 188 g/mol. The van der Waals surface area contributed by atoms with E-state index >= 15 is 0 Å². The fourth-order valence-corrected chi connectivity index (χ4v) is 1.66. The number of hydrogen-bond donors (Lipinski definition) is 1. The van der Waals surface area contributed by atoms with E-state index in [0.29, 0.717) is 0 Å². The molecule has 0 spiro atoms. The second-order valence-corrected chi connectivity index (χ2v) is 5.45. The molecule has 2 rings (SSSR count). The van der Waals surface area contributed by atoms with E-state index < -0.39 is 0 Å². The van der Waals surface area contributed by atoms with E-state index in [4.69, 9.17) is 0 Å². The van der Waals surface area contributed by atoms with Gasteiger partial charge >= 0.3 is 0 Å². The molecule has 1 fully saturated rings. The number of hydrogen-bond acceptors (Lipinski definition) is 3. The Morgan fingerprint density at radius 2 is 2.07 bits per heavy atom. The molecule has 0 atom stereocenters. The molecule has 1 saturated heterocycles. The smallest absolute Gasteiger partial charge is 0.156 e. The summed E-state index contributed by atoms with van der Waals surface area (Å²) >= 11 is 0. The summed E-state index contributed by atoms with van der Waals surface area (Å²) in [6, 6.07) is 0. The van der Waals surface area contributed by atoms with Crippen molar-refractivity contribution < 1.29 is 0 Å². The van der Waals surface area contributed by atoms with Crippen LogP contribution in [0.3, 0.4) is 0 Å². The van der Waals surface area contributed by atoms with Crippen molar-refractivity contribution in [1.82, 2.24) is 20.1 Å². The van der Waals surface area contributed by atoms with Crippen LogP contribution in [0.25, 0.3) is 0 Å². The van der Waals surface area contributed by atoms with Gasteiger partial charge in [-0.3, -0.25) is 4.68 Å². The Hall–Kier alpha value is -0.900. The van der Waals surface area contributed by atoms with E-state index in [1.165, 1.54) is 0 Å². The van der Waals surface area contributed by atoms with Gasteiger partial charge in [-0.2, -0.15) is 5.10 Å². The SMILES string of the molecule is Cn1nc(C(C)(C)C)nc1CC1CNC1. The standard InChI is InChI=1S/C11H20N4/c1-11(2,3)10-13-9(15(4)14-10)5-8-6-12-7-8/h8,12H,5-7H2,1-4H3. The summed E-state index contributed by atoms with van der Waals surface area (Å²) < 4.78 is 1.93. The average molecular weight is 208 g/mol. The monoisotopic (exact) mass is 208 g/mol. The van der Waals surface area contributed by atoms with Crippen LogP contribution in [0.4, 0.5) is 0 Å². The van der Waals surface area contributed by atoms with Crippen LogP contribution in [0.5, 0.6) is 0 Å². The molecule has 0 bridgehead atoms. The lowest BCUT2D eigenvalue weighted by atomic mass is 9.96. The number of rotatable bonds is 2. The maximum atomic E-state index is 4.63. The molecule has 4 heteroatoms. The van der Waals surface area contributed by atoms with Gasteiger partial charge in [0, 0.05) is 18.9 Å². The van der Waals surface area contributed by atoms with E-state index in [1.807, 2.05) is 11.7 Å². The third kappa shape index (κ3) is 2.20. The van der Waals surface area contributed by atoms with Gasteiger partial charge in [-0.05, 0) is 19.0 Å². The molecule has 0 amide bonds. The minimum Gasteiger partial charge on any atom is -0.316 e. The van der Waals surface area contributed by atoms with E-state index in [-0.39, 0.29) is 5.41 Å². The Balaban J connectivity index is 2.13. The van der Waals surface area contributed by atoms with Crippen LogP contribution < -0.4 is 5.32 Å². The molecule has 0 aliphatic carbocycles. The molecule has 0 saturated carbocycles. The highest BCUT2D eigenvalue weighted by Crippen LogP contribution is 2.19. The fourth-order valence-electron chi connectivity index (χ4n) is 1.66. The van der Waals surface area contributed by atoms with Crippen LogP contribution in [0.1, 0.15) is 32.4 Å². The molecule has 0 aromatic carbocycles. The molecule has 1 N–H and O–H groups in total. The van der Waals surface area contributed by atoms with Gasteiger partial charge in [0.1, 0.15) is 5.82 Å². The predicted octanol–water partition coefficient (Wildman–Crippen LogP) is 0.874. The summed E-state index contributed by atoms with van der Waals surface area (Å²) in [5.41, 5.74) is 0.0495. The van der Waals surface area contributed by atoms with Gasteiger partial charge in [-0.15, -0.1) is 0 Å². The maximum Gasteiger partial charge on any atom is 0.156 e. The third-order valence-corrected chi connectivity index (χ3v) is 2.86. The molecule has 2 heterocycles. The lowest BCUT2D eigenvalue weighted by Crippen LogP contribution is -2.43. The van der Waals surface area contributed by atoms with Gasteiger partial charge in [0.2, 0.25) is 0 Å². The first-order valence-electron chi connectivity index (χ1n) is 5.58. The molecule has 1 aliphatic heterocycles. The Labute approximate surface area is 91.1 Å². The summed E-state index contributed by atoms with van der Waals surface area (Å²) in [5, 5.41) is 7.76. The molecule has 1 aliphatic rings. The van der Waals surface area contributed by atoms with Crippen LogP contribution in [-0.4, -0.2) is 27.9 Å². The Bertz CT molecular complexity index is 344. The zero-order valence-electron chi connectivity index (χ0n) is 10.0. The van der Waals surface area contributed by atoms with Crippen molar-refractivity contribution in [3.05, 3.63) is 11.6 Å². The second kappa shape index (κ2) is 3.59. The van der Waals surface area contributed by atoms with Crippen molar-refractivity contribution in [2.75, 3.05) is 13.1 Å². The topological polar surface area (TPSA) is 42.7 Å². The lowest BCUT2D eigenvalue weighted by Gasteiger charge is -2.26. The van der Waals surface area contributed by atoms with E-state index in [2.05, 4.69) is 36.2 Å². The van der Waals surface area contributed by atoms with Crippen molar-refractivity contribution in [2.24, 2.45) is 13.0 Å². The third-order valence-electron chi connectivity index (χ3n) is 2.86. The zero-order chi connectivity index (χ0) is 11.1. The molecular formula is C11H20N4. The summed E-state index contributed by atoms with van der Waals surface area (Å²) in [5.74, 6) is 2.82. The summed E-state index contributed by atoms with van der Waals surface area (Å²) in [7, 11) is 1.99. The zero-order valence-corrected chi connectivity index (χ0v) is 10.0. The average Bonchev–Trinajstić information content (AvgIpc) is 2.39. The minimum atomic E-state index is 0.0495. The molecule has 4 nitrogen and oxygen atoms in total. The number of nitrogens with zero attached hydrogens (tertiary/aromatic N) is 3. The summed E-state index contributed by atoms with van der Waals surface area (Å²) in [6.07, 6.45) is 1.05. The highest BCUT2D eigenvalue weighted by atomic mass is 15.3. The summed E-state index contributed by atoms with van der Waals surface area (Å²) in [4.78, 5) is 4.63. The molecule has 1 aromatic rings. The van der Waals surface area contributed by atoms with Gasteiger partial charge in [0.05, 0.1) is 0 Å². The van der Waals surface area contributed by atoms with Crippen molar-refractivity contribution in [3.63, 3.8) is 0 Å². The fraction of sp³-hybridized carbons (Fsp3) is 0.818. The van der Waals surface area contributed by atoms with Gasteiger partial charge in [-0.25, -0.2) is 4.98 Å². The van der Waals surface area contributed by atoms with Crippen molar-refractivity contribution in [1.29, 1.82) is 0 Å². The number of nitrogens with one attached hydrogen (secondary N) is 1.